The number of halogens is 1. The molecule has 7 rings (SSSR count). The van der Waals surface area contributed by atoms with Crippen molar-refractivity contribution in [1.29, 1.82) is 0 Å². The Morgan fingerprint density at radius 1 is 0.778 bits per heavy atom. The van der Waals surface area contributed by atoms with E-state index in [0.29, 0.717) is 18.1 Å². The third-order valence-electron chi connectivity index (χ3n) is 7.31. The molecule has 0 saturated heterocycles. The zero-order valence-electron chi connectivity index (χ0n) is 19.3. The fourth-order valence-corrected chi connectivity index (χ4v) is 5.77. The fourth-order valence-electron chi connectivity index (χ4n) is 5.77. The number of hydrogen-bond acceptors (Lipinski definition) is 4. The molecule has 1 amide bonds. The molecular weight excluding hydrogens is 457 g/mol. The molecule has 6 heteroatoms. The highest BCUT2D eigenvalue weighted by molar-refractivity contribution is 6.12. The zero-order valence-corrected chi connectivity index (χ0v) is 19.3. The van der Waals surface area contributed by atoms with Crippen LogP contribution in [0.1, 0.15) is 28.3 Å². The number of nitrogens with zero attached hydrogens (tertiary/aromatic N) is 1. The van der Waals surface area contributed by atoms with Gasteiger partial charge in [0.15, 0.2) is 17.3 Å². The van der Waals surface area contributed by atoms with Crippen LogP contribution in [0.2, 0.25) is 0 Å². The van der Waals surface area contributed by atoms with Gasteiger partial charge in [0.1, 0.15) is 31.0 Å². The van der Waals surface area contributed by atoms with Crippen molar-refractivity contribution in [2.24, 2.45) is 0 Å². The van der Waals surface area contributed by atoms with Crippen molar-refractivity contribution in [1.82, 2.24) is 0 Å². The Balaban J connectivity index is 1.47. The van der Waals surface area contributed by atoms with E-state index in [4.69, 9.17) is 14.2 Å². The summed E-state index contributed by atoms with van der Waals surface area (Å²) >= 11 is 0. The number of amides is 1. The molecular formula is C30H22FNO4. The number of carbonyl (C=O) groups is 1. The Bertz CT molecular complexity index is 1450. The van der Waals surface area contributed by atoms with Gasteiger partial charge in [-0.1, -0.05) is 78.9 Å². The first-order chi connectivity index (χ1) is 17.7. The van der Waals surface area contributed by atoms with Crippen molar-refractivity contribution in [3.05, 3.63) is 119 Å². The number of hydrogen-bond donors (Lipinski definition) is 0. The van der Waals surface area contributed by atoms with E-state index < -0.39 is 17.3 Å². The highest BCUT2D eigenvalue weighted by Gasteiger charge is 2.60. The molecule has 1 atom stereocenters. The Morgan fingerprint density at radius 3 is 2.14 bits per heavy atom. The maximum atomic E-state index is 16.1. The van der Waals surface area contributed by atoms with Gasteiger partial charge in [-0.2, -0.15) is 0 Å². The van der Waals surface area contributed by atoms with Gasteiger partial charge in [-0.05, 0) is 22.8 Å². The minimum atomic E-state index is -1.33. The summed E-state index contributed by atoms with van der Waals surface area (Å²) in [7, 11) is 0. The maximum absolute atomic E-state index is 16.1. The second kappa shape index (κ2) is 7.85. The van der Waals surface area contributed by atoms with Crippen LogP contribution in [0.3, 0.4) is 0 Å². The van der Waals surface area contributed by atoms with Crippen LogP contribution in [0, 0.1) is 5.82 Å². The third-order valence-corrected chi connectivity index (χ3v) is 7.31. The van der Waals surface area contributed by atoms with Gasteiger partial charge in [0.05, 0.1) is 11.6 Å². The average Bonchev–Trinajstić information content (AvgIpc) is 3.43. The summed E-state index contributed by atoms with van der Waals surface area (Å²) in [5.74, 6) is -0.165. The van der Waals surface area contributed by atoms with E-state index in [1.54, 1.807) is 11.0 Å². The van der Waals surface area contributed by atoms with E-state index in [1.165, 1.54) is 0 Å². The number of anilines is 1. The van der Waals surface area contributed by atoms with Gasteiger partial charge in [0.25, 0.3) is 0 Å². The van der Waals surface area contributed by atoms with E-state index in [0.717, 1.165) is 22.4 Å². The van der Waals surface area contributed by atoms with Crippen molar-refractivity contribution in [2.75, 3.05) is 24.7 Å². The summed E-state index contributed by atoms with van der Waals surface area (Å²) in [6.45, 7) is 0.587. The lowest BCUT2D eigenvalue weighted by molar-refractivity contribution is -0.122. The van der Waals surface area contributed by atoms with Crippen LogP contribution >= 0.6 is 0 Å². The van der Waals surface area contributed by atoms with Gasteiger partial charge in [-0.15, -0.1) is 0 Å². The van der Waals surface area contributed by atoms with Gasteiger partial charge in [-0.3, -0.25) is 9.69 Å². The Hall–Kier alpha value is -4.32. The van der Waals surface area contributed by atoms with Gasteiger partial charge in [0, 0.05) is 11.8 Å². The summed E-state index contributed by atoms with van der Waals surface area (Å²) in [6.07, 6.45) is 0. The van der Waals surface area contributed by atoms with Crippen LogP contribution in [0.5, 0.6) is 17.2 Å². The van der Waals surface area contributed by atoms with E-state index in [-0.39, 0.29) is 30.4 Å². The molecule has 0 aromatic heterocycles. The van der Waals surface area contributed by atoms with E-state index >= 15 is 4.39 Å². The predicted octanol–water partition coefficient (Wildman–Crippen LogP) is 5.41. The van der Waals surface area contributed by atoms with Crippen LogP contribution in [0.4, 0.5) is 10.1 Å². The van der Waals surface area contributed by atoms with Crippen molar-refractivity contribution in [2.45, 2.75) is 11.5 Å². The second-order valence-electron chi connectivity index (χ2n) is 9.20. The summed E-state index contributed by atoms with van der Waals surface area (Å²) in [5.41, 5.74) is 2.28. The summed E-state index contributed by atoms with van der Waals surface area (Å²) < 4.78 is 33.4. The second-order valence-corrected chi connectivity index (χ2v) is 9.20. The first-order valence-corrected chi connectivity index (χ1v) is 12.0. The molecule has 4 aromatic rings. The quantitative estimate of drug-likeness (QED) is 0.394. The number of fused-ring (bicyclic) bond motifs is 5. The van der Waals surface area contributed by atoms with E-state index in [1.807, 2.05) is 84.9 Å². The van der Waals surface area contributed by atoms with Gasteiger partial charge in [0.2, 0.25) is 5.91 Å². The third kappa shape index (κ3) is 2.78. The average molecular weight is 480 g/mol. The van der Waals surface area contributed by atoms with Gasteiger partial charge in [-0.25, -0.2) is 4.39 Å². The Kier molecular flexibility index (Phi) is 4.58. The molecule has 0 bridgehead atoms. The molecule has 0 radical (unpaired) electrons. The molecule has 1 spiro atoms. The Morgan fingerprint density at radius 2 is 1.42 bits per heavy atom. The molecule has 5 nitrogen and oxygen atoms in total. The number of carbonyl (C=O) groups excluding carboxylic acids is 1. The number of rotatable bonds is 3. The zero-order chi connectivity index (χ0) is 24.3. The van der Waals surface area contributed by atoms with Crippen LogP contribution in [-0.4, -0.2) is 25.7 Å². The summed E-state index contributed by atoms with van der Waals surface area (Å²) in [4.78, 5) is 16.5. The smallest absolute Gasteiger partial charge is 0.246 e. The molecule has 0 N–H and O–H groups in total. The SMILES string of the molecule is O=C1N(C(c2ccccc2)c2ccccc2)c2ccccc2C12COc1cc3c(c(F)c12)OCCO3. The highest BCUT2D eigenvalue weighted by Crippen LogP contribution is 2.58. The van der Waals surface area contributed by atoms with Crippen LogP contribution in [-0.2, 0) is 10.2 Å². The first kappa shape index (κ1) is 21.0. The lowest BCUT2D eigenvalue weighted by Gasteiger charge is -2.31. The largest absolute Gasteiger partial charge is 0.491 e. The highest BCUT2D eigenvalue weighted by atomic mass is 19.1. The van der Waals surface area contributed by atoms with Crippen LogP contribution in [0.25, 0.3) is 0 Å². The van der Waals surface area contributed by atoms with Crippen molar-refractivity contribution >= 4 is 11.6 Å². The number of ether oxygens (including phenoxy) is 3. The molecule has 4 aromatic carbocycles. The molecule has 3 aliphatic rings. The van der Waals surface area contributed by atoms with E-state index in [2.05, 4.69) is 0 Å². The maximum Gasteiger partial charge on any atom is 0.246 e. The predicted molar refractivity (Wildman–Crippen MR) is 132 cm³/mol. The molecule has 0 saturated carbocycles. The van der Waals surface area contributed by atoms with Crippen molar-refractivity contribution < 1.29 is 23.4 Å². The molecule has 0 aliphatic carbocycles. The van der Waals surface area contributed by atoms with Crippen LogP contribution < -0.4 is 19.1 Å². The molecule has 0 fully saturated rings. The van der Waals surface area contributed by atoms with E-state index in [9.17, 15) is 4.79 Å². The lowest BCUT2D eigenvalue weighted by Crippen LogP contribution is -2.44. The molecule has 36 heavy (non-hydrogen) atoms. The van der Waals surface area contributed by atoms with Crippen molar-refractivity contribution in [3.8, 4) is 17.2 Å². The summed E-state index contributed by atoms with van der Waals surface area (Å²) in [6, 6.07) is 28.7. The first-order valence-electron chi connectivity index (χ1n) is 12.0. The molecule has 3 aliphatic heterocycles. The van der Waals surface area contributed by atoms with Crippen molar-refractivity contribution in [3.63, 3.8) is 0 Å². The monoisotopic (exact) mass is 479 g/mol. The molecule has 3 heterocycles. The van der Waals surface area contributed by atoms with Gasteiger partial charge < -0.3 is 14.2 Å². The Labute approximate surface area is 207 Å². The molecule has 1 unspecified atom stereocenters. The number of benzene rings is 4. The minimum absolute atomic E-state index is 0.00475. The van der Waals surface area contributed by atoms with Crippen LogP contribution in [0.15, 0.2) is 91.0 Å². The van der Waals surface area contributed by atoms with Gasteiger partial charge >= 0.3 is 0 Å². The standard InChI is InChI=1S/C30H22FNO4/c31-26-25-23(17-24-28(26)35-16-15-34-24)36-18-30(25)21-13-7-8-14-22(21)32(29(30)33)27(19-9-3-1-4-10-19)20-11-5-2-6-12-20/h1-14,17,27H,15-16,18H2. The normalized spacial score (nSPS) is 19.4. The molecule has 178 valence electrons. The minimum Gasteiger partial charge on any atom is -0.491 e. The lowest BCUT2D eigenvalue weighted by atomic mass is 9.76. The number of para-hydroxylation sites is 1. The fraction of sp³-hybridized carbons (Fsp3) is 0.167. The topological polar surface area (TPSA) is 48.0 Å². The summed E-state index contributed by atoms with van der Waals surface area (Å²) in [5, 5.41) is 0.